The number of anilines is 1. The second-order valence-electron chi connectivity index (χ2n) is 5.17. The van der Waals surface area contributed by atoms with Crippen LogP contribution in [-0.2, 0) is 17.1 Å². The van der Waals surface area contributed by atoms with Gasteiger partial charge in [-0.1, -0.05) is 6.07 Å². The highest BCUT2D eigenvalue weighted by molar-refractivity contribution is 9.10. The van der Waals surface area contributed by atoms with Crippen molar-refractivity contribution in [3.8, 4) is 0 Å². The molecule has 0 atom stereocenters. The highest BCUT2D eigenvalue weighted by atomic mass is 79.9. The van der Waals surface area contributed by atoms with Crippen LogP contribution in [0.25, 0.3) is 0 Å². The lowest BCUT2D eigenvalue weighted by Gasteiger charge is -2.13. The van der Waals surface area contributed by atoms with Crippen LogP contribution in [0.3, 0.4) is 0 Å². The molecule has 0 saturated carbocycles. The van der Waals surface area contributed by atoms with E-state index in [1.807, 2.05) is 26.0 Å². The molecule has 21 heavy (non-hydrogen) atoms. The Balaban J connectivity index is 2.53. The van der Waals surface area contributed by atoms with Gasteiger partial charge in [0, 0.05) is 11.5 Å². The molecule has 7 heteroatoms. The summed E-state index contributed by atoms with van der Waals surface area (Å²) in [6.45, 7) is 7.27. The van der Waals surface area contributed by atoms with Crippen molar-refractivity contribution in [3.05, 3.63) is 39.1 Å². The number of nitrogens with one attached hydrogen (secondary N) is 1. The van der Waals surface area contributed by atoms with Gasteiger partial charge in [-0.05, 0) is 60.8 Å². The molecule has 0 amide bonds. The summed E-state index contributed by atoms with van der Waals surface area (Å²) in [4.78, 5) is 0.233. The maximum atomic E-state index is 12.7. The van der Waals surface area contributed by atoms with Gasteiger partial charge >= 0.3 is 0 Å². The van der Waals surface area contributed by atoms with Crippen LogP contribution in [0.15, 0.2) is 21.5 Å². The summed E-state index contributed by atoms with van der Waals surface area (Å²) in [5, 5.41) is 4.16. The number of halogens is 1. The molecule has 0 bridgehead atoms. The number of rotatable bonds is 3. The summed E-state index contributed by atoms with van der Waals surface area (Å²) < 4.78 is 30.3. The van der Waals surface area contributed by atoms with Gasteiger partial charge in [-0.15, -0.1) is 0 Å². The molecule has 2 rings (SSSR count). The lowest BCUT2D eigenvalue weighted by Crippen LogP contribution is -2.16. The first-order chi connectivity index (χ1) is 9.63. The minimum absolute atomic E-state index is 0.233. The SMILES string of the molecule is Cc1cc(C)c(NS(=O)(=O)c2c(C)nn(C)c2C)c(Br)c1. The maximum absolute atomic E-state index is 12.7. The average Bonchev–Trinajstić information content (AvgIpc) is 2.58. The van der Waals surface area contributed by atoms with Crippen LogP contribution < -0.4 is 4.72 Å². The molecular formula is C14H18BrN3O2S. The van der Waals surface area contributed by atoms with Crippen molar-refractivity contribution in [2.24, 2.45) is 7.05 Å². The number of sulfonamides is 1. The van der Waals surface area contributed by atoms with E-state index < -0.39 is 10.0 Å². The molecule has 0 unspecified atom stereocenters. The molecule has 2 aromatic rings. The monoisotopic (exact) mass is 371 g/mol. The quantitative estimate of drug-likeness (QED) is 0.900. The largest absolute Gasteiger partial charge is 0.278 e. The fourth-order valence-corrected chi connectivity index (χ4v) is 4.87. The van der Waals surface area contributed by atoms with E-state index in [4.69, 9.17) is 0 Å². The van der Waals surface area contributed by atoms with Gasteiger partial charge in [-0.3, -0.25) is 9.40 Å². The molecule has 114 valence electrons. The predicted molar refractivity (Wildman–Crippen MR) is 87.1 cm³/mol. The molecule has 0 aliphatic heterocycles. The molecule has 0 spiro atoms. The fourth-order valence-electron chi connectivity index (χ4n) is 2.37. The number of benzene rings is 1. The van der Waals surface area contributed by atoms with Gasteiger partial charge in [0.15, 0.2) is 0 Å². The highest BCUT2D eigenvalue weighted by Gasteiger charge is 2.25. The van der Waals surface area contributed by atoms with Crippen molar-refractivity contribution >= 4 is 31.6 Å². The molecule has 1 N–H and O–H groups in total. The normalized spacial score (nSPS) is 11.7. The number of hydrogen-bond acceptors (Lipinski definition) is 3. The summed E-state index contributed by atoms with van der Waals surface area (Å²) in [7, 11) is -1.94. The van der Waals surface area contributed by atoms with E-state index in [1.165, 1.54) is 0 Å². The summed E-state index contributed by atoms with van der Waals surface area (Å²) in [6, 6.07) is 3.82. The summed E-state index contributed by atoms with van der Waals surface area (Å²) >= 11 is 3.42. The smallest absolute Gasteiger partial charge is 0.265 e. The predicted octanol–water partition coefficient (Wildman–Crippen LogP) is 3.22. The lowest BCUT2D eigenvalue weighted by atomic mass is 10.1. The van der Waals surface area contributed by atoms with Crippen molar-refractivity contribution < 1.29 is 8.42 Å². The Hall–Kier alpha value is -1.34. The molecular weight excluding hydrogens is 354 g/mol. The van der Waals surface area contributed by atoms with Gasteiger partial charge in [0.1, 0.15) is 4.90 Å². The van der Waals surface area contributed by atoms with Gasteiger partial charge in [-0.25, -0.2) is 8.42 Å². The van der Waals surface area contributed by atoms with Crippen molar-refractivity contribution in [1.82, 2.24) is 9.78 Å². The zero-order chi connectivity index (χ0) is 15.9. The van der Waals surface area contributed by atoms with Gasteiger partial charge in [0.25, 0.3) is 10.0 Å². The van der Waals surface area contributed by atoms with Crippen LogP contribution in [0.5, 0.6) is 0 Å². The van der Waals surface area contributed by atoms with E-state index in [2.05, 4.69) is 25.8 Å². The van der Waals surface area contributed by atoms with Gasteiger partial charge < -0.3 is 0 Å². The fraction of sp³-hybridized carbons (Fsp3) is 0.357. The molecule has 1 aromatic carbocycles. The first-order valence-corrected chi connectivity index (χ1v) is 8.71. The number of aryl methyl sites for hydroxylation is 4. The van der Waals surface area contributed by atoms with E-state index in [9.17, 15) is 8.42 Å². The molecule has 1 heterocycles. The third-order valence-corrected chi connectivity index (χ3v) is 5.61. The van der Waals surface area contributed by atoms with E-state index in [-0.39, 0.29) is 4.90 Å². The molecule has 5 nitrogen and oxygen atoms in total. The van der Waals surface area contributed by atoms with Crippen LogP contribution in [0.2, 0.25) is 0 Å². The molecule has 0 fully saturated rings. The number of nitrogens with zero attached hydrogens (tertiary/aromatic N) is 2. The number of hydrogen-bond donors (Lipinski definition) is 1. The molecule has 1 aromatic heterocycles. The Kier molecular flexibility index (Phi) is 4.17. The minimum Gasteiger partial charge on any atom is -0.278 e. The summed E-state index contributed by atoms with van der Waals surface area (Å²) in [6.07, 6.45) is 0. The van der Waals surface area contributed by atoms with Gasteiger partial charge in [0.05, 0.1) is 17.1 Å². The van der Waals surface area contributed by atoms with Crippen LogP contribution in [-0.4, -0.2) is 18.2 Å². The molecule has 0 radical (unpaired) electrons. The second-order valence-corrected chi connectivity index (χ2v) is 7.64. The Morgan fingerprint density at radius 1 is 1.19 bits per heavy atom. The van der Waals surface area contributed by atoms with Crippen LogP contribution in [0, 0.1) is 27.7 Å². The van der Waals surface area contributed by atoms with Crippen molar-refractivity contribution in [3.63, 3.8) is 0 Å². The van der Waals surface area contributed by atoms with E-state index >= 15 is 0 Å². The second kappa shape index (κ2) is 5.46. The van der Waals surface area contributed by atoms with E-state index in [0.29, 0.717) is 17.1 Å². The van der Waals surface area contributed by atoms with Crippen LogP contribution >= 0.6 is 15.9 Å². The lowest BCUT2D eigenvalue weighted by molar-refractivity contribution is 0.599. The van der Waals surface area contributed by atoms with Crippen molar-refractivity contribution in [1.29, 1.82) is 0 Å². The zero-order valence-corrected chi connectivity index (χ0v) is 15.1. The molecule has 0 aliphatic rings. The number of aromatic nitrogens is 2. The topological polar surface area (TPSA) is 64.0 Å². The van der Waals surface area contributed by atoms with Crippen LogP contribution in [0.4, 0.5) is 5.69 Å². The Morgan fingerprint density at radius 2 is 1.81 bits per heavy atom. The molecule has 0 aliphatic carbocycles. The zero-order valence-electron chi connectivity index (χ0n) is 12.7. The minimum atomic E-state index is -3.68. The first-order valence-electron chi connectivity index (χ1n) is 6.43. The standard InChI is InChI=1S/C14H18BrN3O2S/c1-8-6-9(2)13(12(15)7-8)17-21(19,20)14-10(3)16-18(5)11(14)4/h6-7,17H,1-5H3. The Morgan fingerprint density at radius 3 is 2.29 bits per heavy atom. The molecule has 0 saturated heterocycles. The van der Waals surface area contributed by atoms with Gasteiger partial charge in [-0.2, -0.15) is 5.10 Å². The Bertz CT molecular complexity index is 787. The third kappa shape index (κ3) is 2.98. The van der Waals surface area contributed by atoms with Crippen LogP contribution in [0.1, 0.15) is 22.5 Å². The highest BCUT2D eigenvalue weighted by Crippen LogP contribution is 2.31. The summed E-state index contributed by atoms with van der Waals surface area (Å²) in [5.74, 6) is 0. The summed E-state index contributed by atoms with van der Waals surface area (Å²) in [5.41, 5.74) is 3.59. The third-order valence-electron chi connectivity index (χ3n) is 3.38. The van der Waals surface area contributed by atoms with Crippen molar-refractivity contribution in [2.75, 3.05) is 4.72 Å². The Labute approximate surface area is 133 Å². The first kappa shape index (κ1) is 16.0. The van der Waals surface area contributed by atoms with Crippen molar-refractivity contribution in [2.45, 2.75) is 32.6 Å². The van der Waals surface area contributed by atoms with E-state index in [0.717, 1.165) is 15.6 Å². The average molecular weight is 372 g/mol. The van der Waals surface area contributed by atoms with Gasteiger partial charge in [0.2, 0.25) is 0 Å². The van der Waals surface area contributed by atoms with E-state index in [1.54, 1.807) is 25.6 Å². The maximum Gasteiger partial charge on any atom is 0.265 e.